The van der Waals surface area contributed by atoms with Crippen LogP contribution in [0.1, 0.15) is 23.8 Å². The van der Waals surface area contributed by atoms with E-state index in [1.165, 1.54) is 10.4 Å². The molecule has 1 atom stereocenters. The molecule has 5 heteroatoms. The first kappa shape index (κ1) is 12.1. The van der Waals surface area contributed by atoms with Gasteiger partial charge in [-0.1, -0.05) is 0 Å². The Bertz CT molecular complexity index is 441. The summed E-state index contributed by atoms with van der Waals surface area (Å²) in [7, 11) is 0. The van der Waals surface area contributed by atoms with Crippen molar-refractivity contribution in [3.63, 3.8) is 0 Å². The molecule has 17 heavy (non-hydrogen) atoms. The Balaban J connectivity index is 2.12. The van der Waals surface area contributed by atoms with E-state index in [4.69, 9.17) is 0 Å². The third kappa shape index (κ3) is 2.66. The lowest BCUT2D eigenvalue weighted by Gasteiger charge is -2.21. The number of nitrogens with zero attached hydrogens (tertiary/aromatic N) is 1. The van der Waals surface area contributed by atoms with Crippen molar-refractivity contribution < 1.29 is 9.59 Å². The molecule has 1 aliphatic heterocycles. The fraction of sp³-hybridized carbons (Fsp3) is 0.500. The summed E-state index contributed by atoms with van der Waals surface area (Å²) >= 11 is 1.65. The lowest BCUT2D eigenvalue weighted by atomic mass is 10.2. The zero-order valence-electron chi connectivity index (χ0n) is 10.0. The van der Waals surface area contributed by atoms with Crippen LogP contribution in [0.15, 0.2) is 11.4 Å². The van der Waals surface area contributed by atoms with Gasteiger partial charge >= 0.3 is 0 Å². The van der Waals surface area contributed by atoms with Crippen LogP contribution in [0.25, 0.3) is 0 Å². The first-order valence-corrected chi connectivity index (χ1v) is 6.57. The van der Waals surface area contributed by atoms with Crippen molar-refractivity contribution in [2.24, 2.45) is 0 Å². The lowest BCUT2D eigenvalue weighted by Crippen LogP contribution is -2.42. The molecule has 0 aromatic carbocycles. The normalized spacial score (nSPS) is 21.3. The van der Waals surface area contributed by atoms with Crippen molar-refractivity contribution in [3.05, 3.63) is 21.9 Å². The number of aryl methyl sites for hydroxylation is 1. The van der Waals surface area contributed by atoms with E-state index in [-0.39, 0.29) is 11.8 Å². The molecule has 1 saturated heterocycles. The summed E-state index contributed by atoms with van der Waals surface area (Å²) in [5.74, 6) is -0.0418. The van der Waals surface area contributed by atoms with Crippen molar-refractivity contribution in [2.45, 2.75) is 32.9 Å². The quantitative estimate of drug-likeness (QED) is 0.862. The molecule has 1 aromatic heterocycles. The van der Waals surface area contributed by atoms with Crippen LogP contribution < -0.4 is 5.32 Å². The molecule has 1 aromatic rings. The second kappa shape index (κ2) is 4.87. The van der Waals surface area contributed by atoms with Gasteiger partial charge < -0.3 is 10.2 Å². The molecular formula is C12H16N2O2S. The van der Waals surface area contributed by atoms with Crippen molar-refractivity contribution >= 4 is 23.2 Å². The zero-order chi connectivity index (χ0) is 12.4. The fourth-order valence-corrected chi connectivity index (χ4v) is 2.81. The van der Waals surface area contributed by atoms with E-state index in [9.17, 15) is 9.59 Å². The second-order valence-corrected chi connectivity index (χ2v) is 5.33. The molecule has 1 N–H and O–H groups in total. The van der Waals surface area contributed by atoms with Crippen molar-refractivity contribution in [2.75, 3.05) is 6.54 Å². The molecule has 4 nitrogen and oxygen atoms in total. The number of nitrogens with one attached hydrogen (secondary N) is 1. The van der Waals surface area contributed by atoms with Gasteiger partial charge in [0.05, 0.1) is 6.54 Å². The van der Waals surface area contributed by atoms with E-state index in [1.807, 2.05) is 12.3 Å². The summed E-state index contributed by atoms with van der Waals surface area (Å²) in [6.45, 7) is 4.90. The number of hydrogen-bond donors (Lipinski definition) is 1. The third-order valence-electron chi connectivity index (χ3n) is 2.97. The number of rotatable bonds is 2. The molecule has 0 aliphatic carbocycles. The van der Waals surface area contributed by atoms with Crippen LogP contribution in [-0.4, -0.2) is 29.3 Å². The standard InChI is InChI=1S/C12H16N2O2S/c1-8-4-6-17-10(8)7-14-5-3-11(15)13-9(2)12(14)16/h4,6,9H,3,5,7H2,1-2H3,(H,13,15). The Labute approximate surface area is 105 Å². The minimum absolute atomic E-state index is 0.00338. The summed E-state index contributed by atoms with van der Waals surface area (Å²) < 4.78 is 0. The third-order valence-corrected chi connectivity index (χ3v) is 3.98. The number of carbonyl (C=O) groups is 2. The van der Waals surface area contributed by atoms with E-state index in [0.717, 1.165) is 0 Å². The molecule has 0 radical (unpaired) electrons. The zero-order valence-corrected chi connectivity index (χ0v) is 10.8. The molecule has 0 bridgehead atoms. The molecule has 1 aliphatic rings. The molecule has 92 valence electrons. The van der Waals surface area contributed by atoms with E-state index >= 15 is 0 Å². The van der Waals surface area contributed by atoms with Crippen molar-refractivity contribution in [3.8, 4) is 0 Å². The lowest BCUT2D eigenvalue weighted by molar-refractivity contribution is -0.133. The Hall–Kier alpha value is -1.36. The van der Waals surface area contributed by atoms with Gasteiger partial charge in [0, 0.05) is 17.8 Å². The first-order chi connectivity index (χ1) is 8.08. The van der Waals surface area contributed by atoms with Gasteiger partial charge in [-0.25, -0.2) is 0 Å². The number of carbonyl (C=O) groups excluding carboxylic acids is 2. The number of hydrogen-bond acceptors (Lipinski definition) is 3. The predicted octanol–water partition coefficient (Wildman–Crippen LogP) is 1.29. The Kier molecular flexibility index (Phi) is 3.47. The maximum Gasteiger partial charge on any atom is 0.245 e. The monoisotopic (exact) mass is 252 g/mol. The molecule has 1 unspecified atom stereocenters. The highest BCUT2D eigenvalue weighted by molar-refractivity contribution is 7.10. The summed E-state index contributed by atoms with van der Waals surface area (Å²) in [6.07, 6.45) is 0.389. The summed E-state index contributed by atoms with van der Waals surface area (Å²) in [5, 5.41) is 4.72. The Morgan fingerprint density at radius 1 is 1.53 bits per heavy atom. The maximum absolute atomic E-state index is 12.0. The summed E-state index contributed by atoms with van der Waals surface area (Å²) in [5.41, 5.74) is 1.21. The Morgan fingerprint density at radius 2 is 2.29 bits per heavy atom. The molecule has 0 spiro atoms. The van der Waals surface area contributed by atoms with Gasteiger partial charge in [-0.05, 0) is 30.9 Å². The fourth-order valence-electron chi connectivity index (χ4n) is 1.89. The largest absolute Gasteiger partial charge is 0.345 e. The van der Waals surface area contributed by atoms with Crippen LogP contribution in [-0.2, 0) is 16.1 Å². The van der Waals surface area contributed by atoms with Gasteiger partial charge in [0.1, 0.15) is 6.04 Å². The summed E-state index contributed by atoms with van der Waals surface area (Å²) in [4.78, 5) is 26.4. The average Bonchev–Trinajstić information content (AvgIpc) is 2.63. The molecular weight excluding hydrogens is 236 g/mol. The number of thiophene rings is 1. The van der Waals surface area contributed by atoms with E-state index in [2.05, 4.69) is 11.4 Å². The topological polar surface area (TPSA) is 49.4 Å². The molecule has 2 heterocycles. The van der Waals surface area contributed by atoms with Gasteiger partial charge in [-0.3, -0.25) is 9.59 Å². The van der Waals surface area contributed by atoms with Gasteiger partial charge in [0.2, 0.25) is 11.8 Å². The minimum atomic E-state index is -0.412. The van der Waals surface area contributed by atoms with E-state index in [0.29, 0.717) is 19.5 Å². The molecule has 0 saturated carbocycles. The first-order valence-electron chi connectivity index (χ1n) is 5.69. The maximum atomic E-state index is 12.0. The van der Waals surface area contributed by atoms with Gasteiger partial charge in [0.15, 0.2) is 0 Å². The number of amides is 2. The van der Waals surface area contributed by atoms with Gasteiger partial charge in [-0.15, -0.1) is 11.3 Å². The van der Waals surface area contributed by atoms with Crippen LogP contribution in [0, 0.1) is 6.92 Å². The molecule has 2 amide bonds. The SMILES string of the molecule is Cc1ccsc1CN1CCC(=O)NC(C)C1=O. The van der Waals surface area contributed by atoms with Crippen LogP contribution in [0.3, 0.4) is 0 Å². The second-order valence-electron chi connectivity index (χ2n) is 4.33. The minimum Gasteiger partial charge on any atom is -0.345 e. The summed E-state index contributed by atoms with van der Waals surface area (Å²) in [6, 6.07) is 1.64. The van der Waals surface area contributed by atoms with Crippen LogP contribution in [0.2, 0.25) is 0 Å². The smallest absolute Gasteiger partial charge is 0.245 e. The van der Waals surface area contributed by atoms with Gasteiger partial charge in [-0.2, -0.15) is 0 Å². The Morgan fingerprint density at radius 3 is 2.94 bits per heavy atom. The highest BCUT2D eigenvalue weighted by Crippen LogP contribution is 2.19. The van der Waals surface area contributed by atoms with Crippen LogP contribution >= 0.6 is 11.3 Å². The van der Waals surface area contributed by atoms with Crippen LogP contribution in [0.4, 0.5) is 0 Å². The van der Waals surface area contributed by atoms with Gasteiger partial charge in [0.25, 0.3) is 0 Å². The van der Waals surface area contributed by atoms with E-state index in [1.54, 1.807) is 23.2 Å². The van der Waals surface area contributed by atoms with Crippen LogP contribution in [0.5, 0.6) is 0 Å². The molecule has 2 rings (SSSR count). The van der Waals surface area contributed by atoms with Crippen molar-refractivity contribution in [1.82, 2.24) is 10.2 Å². The highest BCUT2D eigenvalue weighted by Gasteiger charge is 2.26. The molecule has 1 fully saturated rings. The average molecular weight is 252 g/mol. The predicted molar refractivity (Wildman–Crippen MR) is 66.7 cm³/mol. The van der Waals surface area contributed by atoms with Crippen molar-refractivity contribution in [1.29, 1.82) is 0 Å². The van der Waals surface area contributed by atoms with E-state index < -0.39 is 6.04 Å². The highest BCUT2D eigenvalue weighted by atomic mass is 32.1.